The van der Waals surface area contributed by atoms with E-state index in [1.54, 1.807) is 18.2 Å². The van der Waals surface area contributed by atoms with E-state index >= 15 is 0 Å². The number of hydrogen-bond acceptors (Lipinski definition) is 3. The minimum atomic E-state index is -0.784. The van der Waals surface area contributed by atoms with Crippen molar-refractivity contribution in [3.8, 4) is 5.75 Å². The van der Waals surface area contributed by atoms with Crippen LogP contribution in [-0.4, -0.2) is 31.6 Å². The molecule has 0 radical (unpaired) electrons. The Bertz CT molecular complexity index is 823. The lowest BCUT2D eigenvalue weighted by molar-refractivity contribution is -0.120. The predicted molar refractivity (Wildman–Crippen MR) is 95.8 cm³/mol. The molecule has 26 heavy (non-hydrogen) atoms. The summed E-state index contributed by atoms with van der Waals surface area (Å²) in [4.78, 5) is 24.4. The molecular formula is C19H20FN3O3. The van der Waals surface area contributed by atoms with E-state index in [2.05, 4.69) is 16.0 Å². The first kappa shape index (κ1) is 17.7. The summed E-state index contributed by atoms with van der Waals surface area (Å²) in [6.45, 7) is 2.27. The van der Waals surface area contributed by atoms with Gasteiger partial charge in [0.2, 0.25) is 5.91 Å². The van der Waals surface area contributed by atoms with E-state index in [0.29, 0.717) is 17.8 Å². The van der Waals surface area contributed by atoms with Crippen molar-refractivity contribution in [1.29, 1.82) is 0 Å². The molecule has 3 rings (SSSR count). The number of ether oxygens (including phenoxy) is 1. The van der Waals surface area contributed by atoms with Crippen molar-refractivity contribution >= 4 is 17.6 Å². The zero-order valence-corrected chi connectivity index (χ0v) is 14.5. The second kappa shape index (κ2) is 7.43. The maximum absolute atomic E-state index is 14.0. The number of nitrogens with one attached hydrogen (secondary N) is 3. The van der Waals surface area contributed by atoms with Crippen LogP contribution in [0.25, 0.3) is 0 Å². The number of carbonyl (C=O) groups excluding carboxylic acids is 2. The number of hydrogen-bond donors (Lipinski definition) is 3. The molecule has 1 heterocycles. The van der Waals surface area contributed by atoms with Crippen molar-refractivity contribution in [1.82, 2.24) is 10.6 Å². The van der Waals surface area contributed by atoms with Crippen molar-refractivity contribution in [2.75, 3.05) is 19.0 Å². The average Bonchev–Trinajstić information content (AvgIpc) is 2.97. The number of carbonyl (C=O) groups is 2. The molecule has 2 aromatic rings. The number of anilines is 1. The van der Waals surface area contributed by atoms with E-state index in [1.165, 1.54) is 19.2 Å². The molecule has 0 spiro atoms. The van der Waals surface area contributed by atoms with Gasteiger partial charge in [-0.1, -0.05) is 23.8 Å². The average molecular weight is 357 g/mol. The predicted octanol–water partition coefficient (Wildman–Crippen LogP) is 2.55. The van der Waals surface area contributed by atoms with Crippen molar-refractivity contribution in [2.24, 2.45) is 0 Å². The lowest BCUT2D eigenvalue weighted by Crippen LogP contribution is -2.44. The maximum Gasteiger partial charge on any atom is 0.319 e. The largest absolute Gasteiger partial charge is 0.494 e. The molecule has 0 unspecified atom stereocenters. The molecular weight excluding hydrogens is 337 g/mol. The normalized spacial score (nSPS) is 19.0. The summed E-state index contributed by atoms with van der Waals surface area (Å²) in [6.07, 6.45) is 0. The molecule has 0 aromatic heterocycles. The molecule has 0 bridgehead atoms. The first-order chi connectivity index (χ1) is 12.5. The molecule has 7 heteroatoms. The van der Waals surface area contributed by atoms with E-state index in [4.69, 9.17) is 4.74 Å². The van der Waals surface area contributed by atoms with Crippen molar-refractivity contribution < 1.29 is 18.7 Å². The van der Waals surface area contributed by atoms with Gasteiger partial charge in [0.1, 0.15) is 6.04 Å². The van der Waals surface area contributed by atoms with Gasteiger partial charge in [0, 0.05) is 18.2 Å². The van der Waals surface area contributed by atoms with Crippen molar-refractivity contribution in [2.45, 2.75) is 18.9 Å². The number of amides is 3. The minimum Gasteiger partial charge on any atom is -0.494 e. The Morgan fingerprint density at radius 1 is 1.23 bits per heavy atom. The fraction of sp³-hybridized carbons (Fsp3) is 0.263. The van der Waals surface area contributed by atoms with Gasteiger partial charge in [0.05, 0.1) is 7.11 Å². The van der Waals surface area contributed by atoms with E-state index in [1.807, 2.05) is 19.1 Å². The van der Waals surface area contributed by atoms with Gasteiger partial charge in [-0.3, -0.25) is 4.79 Å². The Labute approximate surface area is 150 Å². The molecule has 3 N–H and O–H groups in total. The summed E-state index contributed by atoms with van der Waals surface area (Å²) < 4.78 is 18.9. The number of aryl methyl sites for hydroxylation is 1. The Morgan fingerprint density at radius 3 is 2.62 bits per heavy atom. The number of halogens is 1. The number of rotatable bonds is 4. The van der Waals surface area contributed by atoms with E-state index in [-0.39, 0.29) is 17.6 Å². The van der Waals surface area contributed by atoms with E-state index in [9.17, 15) is 14.0 Å². The van der Waals surface area contributed by atoms with Gasteiger partial charge in [-0.05, 0) is 36.8 Å². The molecule has 2 aromatic carbocycles. The van der Waals surface area contributed by atoms with Crippen molar-refractivity contribution in [3.63, 3.8) is 0 Å². The van der Waals surface area contributed by atoms with Crippen molar-refractivity contribution in [3.05, 3.63) is 59.4 Å². The van der Waals surface area contributed by atoms with Gasteiger partial charge in [0.15, 0.2) is 11.6 Å². The third-order valence-electron chi connectivity index (χ3n) is 4.38. The molecule has 0 aliphatic carbocycles. The van der Waals surface area contributed by atoms with Crippen LogP contribution >= 0.6 is 0 Å². The first-order valence-corrected chi connectivity index (χ1v) is 8.23. The Hall–Kier alpha value is -3.09. The topological polar surface area (TPSA) is 79.5 Å². The highest BCUT2D eigenvalue weighted by Gasteiger charge is 2.37. The summed E-state index contributed by atoms with van der Waals surface area (Å²) in [5.41, 5.74) is 2.31. The summed E-state index contributed by atoms with van der Waals surface area (Å²) in [6, 6.07) is 10.6. The fourth-order valence-corrected chi connectivity index (χ4v) is 2.96. The Balaban J connectivity index is 1.72. The van der Waals surface area contributed by atoms with E-state index < -0.39 is 17.9 Å². The number of methoxy groups -OCH3 is 1. The number of benzene rings is 2. The summed E-state index contributed by atoms with van der Waals surface area (Å²) in [5, 5.41) is 8.07. The summed E-state index contributed by atoms with van der Waals surface area (Å²) >= 11 is 0. The van der Waals surface area contributed by atoms with Gasteiger partial charge in [-0.15, -0.1) is 0 Å². The van der Waals surface area contributed by atoms with Crippen LogP contribution in [0.2, 0.25) is 0 Å². The molecule has 2 atom stereocenters. The standard InChI is InChI=1S/C19H20FN3O3/c1-11-3-6-13(7-4-11)22-19(25)23-17-14(10-21-18(17)24)12-5-8-16(26-2)15(20)9-12/h3-9,14,17H,10H2,1-2H3,(H,21,24)(H2,22,23,25)/t14-,17-/m0/s1. The molecule has 1 aliphatic heterocycles. The minimum absolute atomic E-state index is 0.132. The Kier molecular flexibility index (Phi) is 5.06. The molecule has 3 amide bonds. The smallest absolute Gasteiger partial charge is 0.319 e. The van der Waals surface area contributed by atoms with Crippen LogP contribution in [0.3, 0.4) is 0 Å². The quantitative estimate of drug-likeness (QED) is 0.787. The van der Waals surface area contributed by atoms with E-state index in [0.717, 1.165) is 5.56 Å². The zero-order chi connectivity index (χ0) is 18.7. The van der Waals surface area contributed by atoms with Crippen LogP contribution in [0.5, 0.6) is 5.75 Å². The third kappa shape index (κ3) is 3.77. The number of urea groups is 1. The van der Waals surface area contributed by atoms with Gasteiger partial charge in [-0.2, -0.15) is 0 Å². The molecule has 1 saturated heterocycles. The summed E-state index contributed by atoms with van der Waals surface area (Å²) in [5.74, 6) is -1.04. The fourth-order valence-electron chi connectivity index (χ4n) is 2.96. The van der Waals surface area contributed by atoms with Gasteiger partial charge >= 0.3 is 6.03 Å². The van der Waals surface area contributed by atoms with Gasteiger partial charge in [-0.25, -0.2) is 9.18 Å². The molecule has 1 fully saturated rings. The van der Waals surface area contributed by atoms with Crippen LogP contribution in [0.15, 0.2) is 42.5 Å². The third-order valence-corrected chi connectivity index (χ3v) is 4.38. The van der Waals surface area contributed by atoms with Crippen LogP contribution < -0.4 is 20.7 Å². The highest BCUT2D eigenvalue weighted by atomic mass is 19.1. The zero-order valence-electron chi connectivity index (χ0n) is 14.5. The SMILES string of the molecule is COc1ccc([C@@H]2CNC(=O)[C@H]2NC(=O)Nc2ccc(C)cc2)cc1F. The molecule has 0 saturated carbocycles. The second-order valence-corrected chi connectivity index (χ2v) is 6.19. The van der Waals surface area contributed by atoms with Gasteiger partial charge in [0.25, 0.3) is 0 Å². The Morgan fingerprint density at radius 2 is 1.96 bits per heavy atom. The monoisotopic (exact) mass is 357 g/mol. The first-order valence-electron chi connectivity index (χ1n) is 8.23. The maximum atomic E-state index is 14.0. The molecule has 6 nitrogen and oxygen atoms in total. The summed E-state index contributed by atoms with van der Waals surface area (Å²) in [7, 11) is 1.39. The van der Waals surface area contributed by atoms with Gasteiger partial charge < -0.3 is 20.7 Å². The molecule has 1 aliphatic rings. The highest BCUT2D eigenvalue weighted by molar-refractivity contribution is 5.95. The van der Waals surface area contributed by atoms with Crippen LogP contribution in [0.1, 0.15) is 17.0 Å². The molecule has 136 valence electrons. The van der Waals surface area contributed by atoms with Crippen LogP contribution in [0, 0.1) is 12.7 Å². The second-order valence-electron chi connectivity index (χ2n) is 6.19. The van der Waals surface area contributed by atoms with Crippen LogP contribution in [0.4, 0.5) is 14.9 Å². The van der Waals surface area contributed by atoms with Crippen LogP contribution in [-0.2, 0) is 4.79 Å². The lowest BCUT2D eigenvalue weighted by Gasteiger charge is -2.19. The lowest BCUT2D eigenvalue weighted by atomic mass is 9.94. The highest BCUT2D eigenvalue weighted by Crippen LogP contribution is 2.27.